The van der Waals surface area contributed by atoms with Gasteiger partial charge < -0.3 is 9.80 Å². The minimum atomic E-state index is 1.04. The molecule has 1 saturated heterocycles. The quantitative estimate of drug-likeness (QED) is 0.772. The van der Waals surface area contributed by atoms with E-state index in [-0.39, 0.29) is 0 Å². The first-order chi connectivity index (χ1) is 7.74. The lowest BCUT2D eigenvalue weighted by Crippen LogP contribution is -2.44. The number of nitrogens with zero attached hydrogens (tertiary/aromatic N) is 4. The molecule has 0 saturated carbocycles. The topological polar surface area (TPSA) is 24.3 Å². The fourth-order valence-corrected chi connectivity index (χ4v) is 2.43. The Labute approximate surface area is 111 Å². The van der Waals surface area contributed by atoms with E-state index in [1.54, 1.807) is 0 Å². The molecule has 0 aromatic carbocycles. The van der Waals surface area contributed by atoms with Gasteiger partial charge in [-0.25, -0.2) is 0 Å². The number of rotatable bonds is 4. The lowest BCUT2D eigenvalue weighted by Gasteiger charge is -2.32. The van der Waals surface area contributed by atoms with E-state index in [0.717, 1.165) is 10.2 Å². The van der Waals surface area contributed by atoms with E-state index in [4.69, 9.17) is 0 Å². The Morgan fingerprint density at radius 2 is 2.00 bits per heavy atom. The molecular weight excluding hydrogens is 315 g/mol. The molecular formula is C11H19IN4. The predicted octanol–water partition coefficient (Wildman–Crippen LogP) is 1.13. The summed E-state index contributed by atoms with van der Waals surface area (Å²) in [5.41, 5.74) is 0. The van der Waals surface area contributed by atoms with E-state index in [1.807, 2.05) is 4.68 Å². The molecule has 16 heavy (non-hydrogen) atoms. The summed E-state index contributed by atoms with van der Waals surface area (Å²) in [6.45, 7) is 7.08. The van der Waals surface area contributed by atoms with Crippen molar-refractivity contribution in [3.63, 3.8) is 0 Å². The van der Waals surface area contributed by atoms with E-state index in [9.17, 15) is 0 Å². The van der Waals surface area contributed by atoms with E-state index in [1.165, 1.54) is 39.1 Å². The van der Waals surface area contributed by atoms with Gasteiger partial charge in [-0.05, 0) is 48.7 Å². The van der Waals surface area contributed by atoms with Crippen LogP contribution in [0, 0.1) is 3.70 Å². The van der Waals surface area contributed by atoms with Crippen molar-refractivity contribution in [2.24, 2.45) is 0 Å². The predicted molar refractivity (Wildman–Crippen MR) is 73.5 cm³/mol. The smallest absolute Gasteiger partial charge is 0.123 e. The lowest BCUT2D eigenvalue weighted by atomic mass is 10.3. The van der Waals surface area contributed by atoms with Gasteiger partial charge in [0.25, 0.3) is 0 Å². The summed E-state index contributed by atoms with van der Waals surface area (Å²) in [6, 6.07) is 2.05. The van der Waals surface area contributed by atoms with Gasteiger partial charge in [-0.3, -0.25) is 4.68 Å². The largest absolute Gasteiger partial charge is 0.304 e. The monoisotopic (exact) mass is 334 g/mol. The van der Waals surface area contributed by atoms with Crippen LogP contribution < -0.4 is 0 Å². The molecule has 2 heterocycles. The average Bonchev–Trinajstić information content (AvgIpc) is 2.67. The van der Waals surface area contributed by atoms with Crippen molar-refractivity contribution >= 4 is 22.6 Å². The Balaban J connectivity index is 1.64. The first-order valence-electron chi connectivity index (χ1n) is 5.84. The summed E-state index contributed by atoms with van der Waals surface area (Å²) in [7, 11) is 2.20. The van der Waals surface area contributed by atoms with Gasteiger partial charge in [0.1, 0.15) is 3.70 Å². The average molecular weight is 334 g/mol. The second kappa shape index (κ2) is 5.97. The lowest BCUT2D eigenvalue weighted by molar-refractivity contribution is 0.151. The Kier molecular flexibility index (Phi) is 4.60. The van der Waals surface area contributed by atoms with Crippen LogP contribution in [0.5, 0.6) is 0 Å². The second-order valence-corrected chi connectivity index (χ2v) is 5.51. The molecule has 1 aliphatic heterocycles. The summed E-state index contributed by atoms with van der Waals surface area (Å²) in [5, 5.41) is 4.38. The molecule has 1 aromatic heterocycles. The molecule has 5 heteroatoms. The first kappa shape index (κ1) is 12.3. The molecule has 0 spiro atoms. The van der Waals surface area contributed by atoms with Crippen LogP contribution in [0.15, 0.2) is 12.3 Å². The third-order valence-corrected chi connectivity index (χ3v) is 3.64. The SMILES string of the molecule is CN1CCN(CCCn2ccc(I)n2)CC1. The van der Waals surface area contributed by atoms with Gasteiger partial charge in [-0.2, -0.15) is 5.10 Å². The highest BCUT2D eigenvalue weighted by Crippen LogP contribution is 2.03. The van der Waals surface area contributed by atoms with E-state index in [2.05, 4.69) is 56.8 Å². The maximum absolute atomic E-state index is 4.38. The standard InChI is InChI=1S/C11H19IN4/c1-14-7-9-15(10-8-14)4-2-5-16-6-3-11(12)13-16/h3,6H,2,4-5,7-10H2,1H3. The van der Waals surface area contributed by atoms with Crippen LogP contribution in [0.3, 0.4) is 0 Å². The fourth-order valence-electron chi connectivity index (χ4n) is 1.99. The Morgan fingerprint density at radius 3 is 2.62 bits per heavy atom. The van der Waals surface area contributed by atoms with Crippen LogP contribution in [-0.4, -0.2) is 59.4 Å². The van der Waals surface area contributed by atoms with E-state index in [0.29, 0.717) is 0 Å². The van der Waals surface area contributed by atoms with Crippen LogP contribution in [0.25, 0.3) is 0 Å². The van der Waals surface area contributed by atoms with Crippen LogP contribution in [0.2, 0.25) is 0 Å². The number of aryl methyl sites for hydroxylation is 1. The molecule has 0 atom stereocenters. The van der Waals surface area contributed by atoms with Gasteiger partial charge >= 0.3 is 0 Å². The van der Waals surface area contributed by atoms with Crippen molar-refractivity contribution in [1.29, 1.82) is 0 Å². The summed E-state index contributed by atoms with van der Waals surface area (Å²) in [4.78, 5) is 4.95. The zero-order valence-electron chi connectivity index (χ0n) is 9.77. The summed E-state index contributed by atoms with van der Waals surface area (Å²) >= 11 is 2.25. The van der Waals surface area contributed by atoms with E-state index >= 15 is 0 Å². The Hall–Kier alpha value is -0.140. The highest BCUT2D eigenvalue weighted by atomic mass is 127. The molecule has 4 nitrogen and oxygen atoms in total. The van der Waals surface area contributed by atoms with Crippen molar-refractivity contribution in [1.82, 2.24) is 19.6 Å². The number of halogens is 1. The van der Waals surface area contributed by atoms with Crippen molar-refractivity contribution in [2.75, 3.05) is 39.8 Å². The number of hydrogen-bond acceptors (Lipinski definition) is 3. The molecule has 1 aromatic rings. The molecule has 1 aliphatic rings. The van der Waals surface area contributed by atoms with Gasteiger partial charge in [0.05, 0.1) is 0 Å². The number of aromatic nitrogens is 2. The summed E-state index contributed by atoms with van der Waals surface area (Å²) < 4.78 is 3.12. The van der Waals surface area contributed by atoms with Gasteiger partial charge in [-0.1, -0.05) is 0 Å². The van der Waals surface area contributed by atoms with Crippen molar-refractivity contribution in [3.8, 4) is 0 Å². The highest BCUT2D eigenvalue weighted by Gasteiger charge is 2.12. The first-order valence-corrected chi connectivity index (χ1v) is 6.92. The third kappa shape index (κ3) is 3.71. The Bertz CT molecular complexity index is 318. The molecule has 0 N–H and O–H groups in total. The van der Waals surface area contributed by atoms with Crippen LogP contribution in [0.1, 0.15) is 6.42 Å². The molecule has 90 valence electrons. The van der Waals surface area contributed by atoms with Crippen molar-refractivity contribution in [3.05, 3.63) is 16.0 Å². The van der Waals surface area contributed by atoms with Crippen molar-refractivity contribution in [2.45, 2.75) is 13.0 Å². The summed E-state index contributed by atoms with van der Waals surface area (Å²) in [5.74, 6) is 0. The Morgan fingerprint density at radius 1 is 1.25 bits per heavy atom. The minimum absolute atomic E-state index is 1.04. The molecule has 2 rings (SSSR count). The van der Waals surface area contributed by atoms with Crippen LogP contribution in [-0.2, 0) is 6.54 Å². The molecule has 1 fully saturated rings. The zero-order valence-corrected chi connectivity index (χ0v) is 11.9. The number of piperazine rings is 1. The molecule has 0 aliphatic carbocycles. The van der Waals surface area contributed by atoms with Gasteiger partial charge in [0.15, 0.2) is 0 Å². The maximum Gasteiger partial charge on any atom is 0.123 e. The highest BCUT2D eigenvalue weighted by molar-refractivity contribution is 14.1. The van der Waals surface area contributed by atoms with Crippen LogP contribution >= 0.6 is 22.6 Å². The molecule has 0 amide bonds. The molecule has 0 unspecified atom stereocenters. The summed E-state index contributed by atoms with van der Waals surface area (Å²) in [6.07, 6.45) is 3.26. The van der Waals surface area contributed by atoms with Gasteiger partial charge in [0.2, 0.25) is 0 Å². The van der Waals surface area contributed by atoms with Gasteiger partial charge in [-0.15, -0.1) is 0 Å². The normalized spacial score (nSPS) is 19.1. The van der Waals surface area contributed by atoms with Gasteiger partial charge in [0, 0.05) is 38.9 Å². The third-order valence-electron chi connectivity index (χ3n) is 3.07. The minimum Gasteiger partial charge on any atom is -0.304 e. The van der Waals surface area contributed by atoms with Crippen molar-refractivity contribution < 1.29 is 0 Å². The second-order valence-electron chi connectivity index (χ2n) is 4.40. The van der Waals surface area contributed by atoms with Crippen LogP contribution in [0.4, 0.5) is 0 Å². The number of likely N-dealkylation sites (N-methyl/N-ethyl adjacent to an activating group) is 1. The number of hydrogen-bond donors (Lipinski definition) is 0. The maximum atomic E-state index is 4.38. The zero-order chi connectivity index (χ0) is 11.4. The van der Waals surface area contributed by atoms with E-state index < -0.39 is 0 Å². The molecule has 0 radical (unpaired) electrons. The fraction of sp³-hybridized carbons (Fsp3) is 0.727. The molecule has 0 bridgehead atoms.